The summed E-state index contributed by atoms with van der Waals surface area (Å²) in [5, 5.41) is 0. The summed E-state index contributed by atoms with van der Waals surface area (Å²) in [5.74, 6) is 2.07. The summed E-state index contributed by atoms with van der Waals surface area (Å²) >= 11 is 0. The lowest BCUT2D eigenvalue weighted by Gasteiger charge is -2.12. The molecule has 1 heterocycles. The molecule has 1 fully saturated rings. The number of benzene rings is 3. The van der Waals surface area contributed by atoms with Gasteiger partial charge in [0.25, 0.3) is 0 Å². The molecule has 5 rings (SSSR count). The number of carbonyl (C=O) groups excluding carboxylic acids is 1. The molecule has 4 heteroatoms. The molecule has 0 N–H and O–H groups in total. The van der Waals surface area contributed by atoms with Gasteiger partial charge in [0.05, 0.1) is 6.61 Å². The quantitative estimate of drug-likeness (QED) is 0.419. The third-order valence-corrected chi connectivity index (χ3v) is 6.19. The standard InChI is InChI=1S/C21H24O2.C7H6O2.CH4/c1-15-4-5-17(13-20(22)21(2)10-11-21)12-19(15)18-8-6-16(7-9-18)14-23-3;1-2-4-7-6(3-1)8-5-9-7;/h4-9,12H,10-11,13-14H2,1-3H3;1-4H,5H2;1H4. The number of aryl methyl sites for hydroxylation is 1. The fraction of sp³-hybridized carbons (Fsp3) is 0.345. The molecule has 4 nitrogen and oxygen atoms in total. The Hall–Kier alpha value is -3.11. The Morgan fingerprint density at radius 2 is 1.55 bits per heavy atom. The molecule has 0 bridgehead atoms. The van der Waals surface area contributed by atoms with Gasteiger partial charge in [-0.15, -0.1) is 0 Å². The van der Waals surface area contributed by atoms with E-state index in [-0.39, 0.29) is 12.8 Å². The molecular weight excluding hydrogens is 412 g/mol. The Labute approximate surface area is 197 Å². The molecule has 0 amide bonds. The van der Waals surface area contributed by atoms with E-state index >= 15 is 0 Å². The highest BCUT2D eigenvalue weighted by atomic mass is 16.7. The zero-order valence-electron chi connectivity index (χ0n) is 19.0. The Morgan fingerprint density at radius 3 is 2.12 bits per heavy atom. The normalized spacial score (nSPS) is 14.5. The number of hydrogen-bond acceptors (Lipinski definition) is 4. The summed E-state index contributed by atoms with van der Waals surface area (Å²) in [6.07, 6.45) is 2.64. The number of ketones is 1. The maximum atomic E-state index is 12.3. The minimum atomic E-state index is -0.0488. The van der Waals surface area contributed by atoms with Gasteiger partial charge in [-0.2, -0.15) is 0 Å². The van der Waals surface area contributed by atoms with Crippen LogP contribution in [-0.2, 0) is 22.6 Å². The van der Waals surface area contributed by atoms with Crippen molar-refractivity contribution in [2.45, 2.75) is 47.1 Å². The van der Waals surface area contributed by atoms with Gasteiger partial charge in [0.15, 0.2) is 11.5 Å². The molecule has 3 aromatic carbocycles. The minimum absolute atomic E-state index is 0. The van der Waals surface area contributed by atoms with Crippen LogP contribution in [0.25, 0.3) is 11.1 Å². The van der Waals surface area contributed by atoms with E-state index in [9.17, 15) is 4.79 Å². The topological polar surface area (TPSA) is 44.8 Å². The van der Waals surface area contributed by atoms with Crippen molar-refractivity contribution in [1.82, 2.24) is 0 Å². The van der Waals surface area contributed by atoms with Gasteiger partial charge in [-0.1, -0.05) is 68.9 Å². The van der Waals surface area contributed by atoms with E-state index in [1.165, 1.54) is 22.3 Å². The molecule has 0 atom stereocenters. The highest BCUT2D eigenvalue weighted by Gasteiger charge is 2.43. The molecule has 33 heavy (non-hydrogen) atoms. The molecule has 0 radical (unpaired) electrons. The lowest BCUT2D eigenvalue weighted by molar-refractivity contribution is -0.122. The second-order valence-corrected chi connectivity index (χ2v) is 8.79. The predicted octanol–water partition coefficient (Wildman–Crippen LogP) is 6.77. The van der Waals surface area contributed by atoms with Crippen molar-refractivity contribution in [3.8, 4) is 22.6 Å². The average Bonchev–Trinajstić information content (AvgIpc) is 3.38. The number of ether oxygens (including phenoxy) is 3. The SMILES string of the molecule is C.COCc1ccc(-c2cc(CC(=O)C3(C)CC3)ccc2C)cc1.c1ccc2c(c1)OCO2. The van der Waals surface area contributed by atoms with E-state index in [0.717, 1.165) is 29.9 Å². The van der Waals surface area contributed by atoms with Gasteiger partial charge in [-0.3, -0.25) is 4.79 Å². The maximum absolute atomic E-state index is 12.3. The Kier molecular flexibility index (Phi) is 7.93. The van der Waals surface area contributed by atoms with Crippen LogP contribution in [0, 0.1) is 12.3 Å². The number of para-hydroxylation sites is 2. The predicted molar refractivity (Wildman–Crippen MR) is 133 cm³/mol. The van der Waals surface area contributed by atoms with Crippen molar-refractivity contribution in [3.63, 3.8) is 0 Å². The van der Waals surface area contributed by atoms with Crippen molar-refractivity contribution in [2.75, 3.05) is 13.9 Å². The van der Waals surface area contributed by atoms with Crippen molar-refractivity contribution in [1.29, 1.82) is 0 Å². The lowest BCUT2D eigenvalue weighted by Crippen LogP contribution is -2.14. The molecule has 2 aliphatic rings. The third-order valence-electron chi connectivity index (χ3n) is 6.19. The first-order chi connectivity index (χ1) is 15.5. The third kappa shape index (κ3) is 6.02. The zero-order valence-corrected chi connectivity index (χ0v) is 19.0. The summed E-state index contributed by atoms with van der Waals surface area (Å²) < 4.78 is 15.3. The van der Waals surface area contributed by atoms with Gasteiger partial charge in [-0.25, -0.2) is 0 Å². The fourth-order valence-electron chi connectivity index (χ4n) is 3.75. The van der Waals surface area contributed by atoms with Crippen LogP contribution in [-0.4, -0.2) is 19.7 Å². The lowest BCUT2D eigenvalue weighted by atomic mass is 9.92. The highest BCUT2D eigenvalue weighted by molar-refractivity contribution is 5.89. The van der Waals surface area contributed by atoms with Crippen molar-refractivity contribution < 1.29 is 19.0 Å². The van der Waals surface area contributed by atoms with E-state index in [1.54, 1.807) is 7.11 Å². The Morgan fingerprint density at radius 1 is 0.939 bits per heavy atom. The monoisotopic (exact) mass is 446 g/mol. The van der Waals surface area contributed by atoms with Crippen LogP contribution < -0.4 is 9.47 Å². The van der Waals surface area contributed by atoms with E-state index < -0.39 is 0 Å². The van der Waals surface area contributed by atoms with Gasteiger partial charge in [0, 0.05) is 18.9 Å². The number of rotatable bonds is 6. The van der Waals surface area contributed by atoms with Gasteiger partial charge >= 0.3 is 0 Å². The van der Waals surface area contributed by atoms with Crippen LogP contribution in [0.4, 0.5) is 0 Å². The number of carbonyl (C=O) groups is 1. The van der Waals surface area contributed by atoms with Gasteiger partial charge < -0.3 is 14.2 Å². The van der Waals surface area contributed by atoms with Crippen LogP contribution in [0.5, 0.6) is 11.5 Å². The molecule has 0 aromatic heterocycles. The zero-order chi connectivity index (χ0) is 22.6. The highest BCUT2D eigenvalue weighted by Crippen LogP contribution is 2.46. The van der Waals surface area contributed by atoms with E-state index in [2.05, 4.69) is 56.3 Å². The Bertz CT molecular complexity index is 1060. The average molecular weight is 447 g/mol. The Balaban J connectivity index is 0.000000255. The molecular formula is C29H34O4. The largest absolute Gasteiger partial charge is 0.454 e. The van der Waals surface area contributed by atoms with Gasteiger partial charge in [0.2, 0.25) is 6.79 Å². The van der Waals surface area contributed by atoms with Crippen molar-refractivity contribution in [3.05, 3.63) is 83.4 Å². The molecule has 1 saturated carbocycles. The summed E-state index contributed by atoms with van der Waals surface area (Å²) in [4.78, 5) is 12.3. The summed E-state index contributed by atoms with van der Waals surface area (Å²) in [6, 6.07) is 22.5. The summed E-state index contributed by atoms with van der Waals surface area (Å²) in [6.45, 7) is 5.19. The minimum Gasteiger partial charge on any atom is -0.454 e. The summed E-state index contributed by atoms with van der Waals surface area (Å²) in [5.41, 5.74) is 5.87. The molecule has 1 aliphatic carbocycles. The van der Waals surface area contributed by atoms with Crippen molar-refractivity contribution >= 4 is 5.78 Å². The molecule has 3 aromatic rings. The summed E-state index contributed by atoms with van der Waals surface area (Å²) in [7, 11) is 1.71. The fourth-order valence-corrected chi connectivity index (χ4v) is 3.75. The molecule has 174 valence electrons. The van der Waals surface area contributed by atoms with Gasteiger partial charge in [-0.05, 0) is 59.7 Å². The van der Waals surface area contributed by atoms with Crippen LogP contribution in [0.1, 0.15) is 43.9 Å². The van der Waals surface area contributed by atoms with Crippen LogP contribution in [0.2, 0.25) is 0 Å². The molecule has 0 spiro atoms. The first-order valence-electron chi connectivity index (χ1n) is 11.0. The van der Waals surface area contributed by atoms with Crippen LogP contribution in [0.3, 0.4) is 0 Å². The number of fused-ring (bicyclic) bond motifs is 1. The molecule has 0 unspecified atom stereocenters. The number of Topliss-reactive ketones (excluding diaryl/α,β-unsaturated/α-hetero) is 1. The first kappa shape index (κ1) is 24.5. The smallest absolute Gasteiger partial charge is 0.231 e. The van der Waals surface area contributed by atoms with E-state index in [0.29, 0.717) is 25.6 Å². The van der Waals surface area contributed by atoms with Gasteiger partial charge in [0.1, 0.15) is 5.78 Å². The first-order valence-corrected chi connectivity index (χ1v) is 11.0. The molecule has 0 saturated heterocycles. The van der Waals surface area contributed by atoms with Crippen molar-refractivity contribution in [2.24, 2.45) is 5.41 Å². The van der Waals surface area contributed by atoms with E-state index in [4.69, 9.17) is 14.2 Å². The second kappa shape index (κ2) is 10.7. The number of methoxy groups -OCH3 is 1. The second-order valence-electron chi connectivity index (χ2n) is 8.79. The number of hydrogen-bond donors (Lipinski definition) is 0. The van der Waals surface area contributed by atoms with Crippen LogP contribution in [0.15, 0.2) is 66.7 Å². The van der Waals surface area contributed by atoms with E-state index in [1.807, 2.05) is 24.3 Å². The maximum Gasteiger partial charge on any atom is 0.231 e. The van der Waals surface area contributed by atoms with Crippen LogP contribution >= 0.6 is 0 Å². The molecule has 1 aliphatic heterocycles.